The van der Waals surface area contributed by atoms with Crippen LogP contribution in [0, 0.1) is 11.8 Å². The van der Waals surface area contributed by atoms with Gasteiger partial charge in [-0.2, -0.15) is 0 Å². The van der Waals surface area contributed by atoms with Gasteiger partial charge in [0.2, 0.25) is 0 Å². The van der Waals surface area contributed by atoms with Crippen molar-refractivity contribution in [3.63, 3.8) is 0 Å². The molecule has 0 aromatic carbocycles. The third kappa shape index (κ3) is 4.73. The normalized spacial score (nSPS) is 21.8. The van der Waals surface area contributed by atoms with Gasteiger partial charge in [-0.3, -0.25) is 9.78 Å². The molecule has 0 unspecified atom stereocenters. The van der Waals surface area contributed by atoms with Gasteiger partial charge in [-0.25, -0.2) is 0 Å². The Bertz CT molecular complexity index is 453. The summed E-state index contributed by atoms with van der Waals surface area (Å²) in [4.78, 5) is 16.3. The lowest BCUT2D eigenvalue weighted by Gasteiger charge is -2.26. The standard InChI is InChI=1S/C17H27N3O/c1-3-19-16-12-18-10-9-15(16)17(21)20-11-8-14-6-4-13(2)5-7-14/h9-10,12-14,19H,3-8,11H2,1-2H3,(H,20,21). The van der Waals surface area contributed by atoms with E-state index in [1.165, 1.54) is 25.7 Å². The van der Waals surface area contributed by atoms with Crippen molar-refractivity contribution in [1.29, 1.82) is 0 Å². The lowest BCUT2D eigenvalue weighted by Crippen LogP contribution is -2.27. The van der Waals surface area contributed by atoms with E-state index in [9.17, 15) is 4.79 Å². The molecule has 0 radical (unpaired) electrons. The van der Waals surface area contributed by atoms with Gasteiger partial charge in [-0.1, -0.05) is 32.6 Å². The number of hydrogen-bond donors (Lipinski definition) is 2. The van der Waals surface area contributed by atoms with E-state index in [0.29, 0.717) is 5.56 Å². The summed E-state index contributed by atoms with van der Waals surface area (Å²) < 4.78 is 0. The summed E-state index contributed by atoms with van der Waals surface area (Å²) in [5.41, 5.74) is 1.49. The van der Waals surface area contributed by atoms with Crippen LogP contribution in [0.1, 0.15) is 56.3 Å². The fourth-order valence-electron chi connectivity index (χ4n) is 3.03. The SMILES string of the molecule is CCNc1cnccc1C(=O)NCCC1CCC(C)CC1. The first kappa shape index (κ1) is 15.8. The molecule has 0 aliphatic heterocycles. The highest BCUT2D eigenvalue weighted by atomic mass is 16.1. The third-order valence-electron chi connectivity index (χ3n) is 4.41. The van der Waals surface area contributed by atoms with Gasteiger partial charge in [0.25, 0.3) is 5.91 Å². The van der Waals surface area contributed by atoms with E-state index in [1.807, 2.05) is 6.92 Å². The second kappa shape index (κ2) is 8.01. The summed E-state index contributed by atoms with van der Waals surface area (Å²) in [6, 6.07) is 1.77. The number of anilines is 1. The average molecular weight is 289 g/mol. The molecule has 0 spiro atoms. The topological polar surface area (TPSA) is 54.0 Å². The molecule has 116 valence electrons. The minimum atomic E-state index is -0.00229. The molecule has 2 rings (SSSR count). The number of nitrogens with one attached hydrogen (secondary N) is 2. The van der Waals surface area contributed by atoms with Crippen LogP contribution in [0.3, 0.4) is 0 Å². The van der Waals surface area contributed by atoms with Crippen LogP contribution in [-0.2, 0) is 0 Å². The van der Waals surface area contributed by atoms with E-state index in [4.69, 9.17) is 0 Å². The lowest BCUT2D eigenvalue weighted by molar-refractivity contribution is 0.0950. The Labute approximate surface area is 127 Å². The largest absolute Gasteiger partial charge is 0.383 e. The molecule has 1 aliphatic carbocycles. The van der Waals surface area contributed by atoms with Crippen molar-refractivity contribution in [3.05, 3.63) is 24.0 Å². The van der Waals surface area contributed by atoms with Crippen molar-refractivity contribution >= 4 is 11.6 Å². The molecule has 21 heavy (non-hydrogen) atoms. The van der Waals surface area contributed by atoms with Gasteiger partial charge in [0.1, 0.15) is 0 Å². The predicted molar refractivity (Wildman–Crippen MR) is 86.5 cm³/mol. The van der Waals surface area contributed by atoms with E-state index in [2.05, 4.69) is 22.5 Å². The van der Waals surface area contributed by atoms with Crippen LogP contribution in [-0.4, -0.2) is 24.0 Å². The number of carbonyl (C=O) groups excluding carboxylic acids is 1. The van der Waals surface area contributed by atoms with Crippen LogP contribution >= 0.6 is 0 Å². The second-order valence-corrected chi connectivity index (χ2v) is 6.12. The molecule has 1 saturated carbocycles. The summed E-state index contributed by atoms with van der Waals surface area (Å²) in [7, 11) is 0. The summed E-state index contributed by atoms with van der Waals surface area (Å²) >= 11 is 0. The first-order valence-electron chi connectivity index (χ1n) is 8.16. The van der Waals surface area contributed by atoms with Crippen molar-refractivity contribution < 1.29 is 4.79 Å². The Kier molecular flexibility index (Phi) is 6.03. The number of carbonyl (C=O) groups is 1. The van der Waals surface area contributed by atoms with Gasteiger partial charge in [0.05, 0.1) is 17.4 Å². The van der Waals surface area contributed by atoms with E-state index in [0.717, 1.165) is 37.0 Å². The highest BCUT2D eigenvalue weighted by Crippen LogP contribution is 2.29. The fourth-order valence-corrected chi connectivity index (χ4v) is 3.03. The zero-order valence-electron chi connectivity index (χ0n) is 13.2. The average Bonchev–Trinajstić information content (AvgIpc) is 2.50. The molecule has 0 bridgehead atoms. The maximum absolute atomic E-state index is 12.3. The van der Waals surface area contributed by atoms with E-state index in [1.54, 1.807) is 18.5 Å². The highest BCUT2D eigenvalue weighted by Gasteiger charge is 2.18. The molecule has 4 nitrogen and oxygen atoms in total. The molecular weight excluding hydrogens is 262 g/mol. The minimum absolute atomic E-state index is 0.00229. The maximum atomic E-state index is 12.3. The molecular formula is C17H27N3O. The Morgan fingerprint density at radius 1 is 1.33 bits per heavy atom. The summed E-state index contributed by atoms with van der Waals surface area (Å²) in [5.74, 6) is 1.67. The van der Waals surface area contributed by atoms with Gasteiger partial charge >= 0.3 is 0 Å². The molecule has 1 amide bonds. The van der Waals surface area contributed by atoms with Crippen LogP contribution in [0.2, 0.25) is 0 Å². The number of rotatable bonds is 6. The summed E-state index contributed by atoms with van der Waals surface area (Å²) in [6.45, 7) is 5.90. The summed E-state index contributed by atoms with van der Waals surface area (Å²) in [5, 5.41) is 6.23. The first-order chi connectivity index (χ1) is 10.2. The van der Waals surface area contributed by atoms with Gasteiger partial charge in [-0.05, 0) is 31.2 Å². The van der Waals surface area contributed by atoms with Crippen LogP contribution in [0.4, 0.5) is 5.69 Å². The quantitative estimate of drug-likeness (QED) is 0.843. The summed E-state index contributed by atoms with van der Waals surface area (Å²) in [6.07, 6.45) is 9.78. The van der Waals surface area contributed by atoms with Crippen molar-refractivity contribution in [2.24, 2.45) is 11.8 Å². The smallest absolute Gasteiger partial charge is 0.253 e. The first-order valence-corrected chi connectivity index (χ1v) is 8.16. The van der Waals surface area contributed by atoms with Crippen molar-refractivity contribution in [3.8, 4) is 0 Å². The molecule has 1 aromatic heterocycles. The number of amides is 1. The van der Waals surface area contributed by atoms with Crippen molar-refractivity contribution in [2.75, 3.05) is 18.4 Å². The van der Waals surface area contributed by atoms with Gasteiger partial charge in [0.15, 0.2) is 0 Å². The Morgan fingerprint density at radius 2 is 2.10 bits per heavy atom. The molecule has 1 fully saturated rings. The molecule has 2 N–H and O–H groups in total. The van der Waals surface area contributed by atoms with Crippen LogP contribution in [0.15, 0.2) is 18.5 Å². The minimum Gasteiger partial charge on any atom is -0.383 e. The van der Waals surface area contributed by atoms with Crippen molar-refractivity contribution in [2.45, 2.75) is 46.0 Å². The molecule has 1 aromatic rings. The zero-order valence-corrected chi connectivity index (χ0v) is 13.2. The van der Waals surface area contributed by atoms with Gasteiger partial charge in [-0.15, -0.1) is 0 Å². The maximum Gasteiger partial charge on any atom is 0.253 e. The number of nitrogens with zero attached hydrogens (tertiary/aromatic N) is 1. The lowest BCUT2D eigenvalue weighted by atomic mass is 9.81. The van der Waals surface area contributed by atoms with E-state index >= 15 is 0 Å². The number of hydrogen-bond acceptors (Lipinski definition) is 3. The Balaban J connectivity index is 1.79. The Hall–Kier alpha value is -1.58. The van der Waals surface area contributed by atoms with Crippen LogP contribution in [0.25, 0.3) is 0 Å². The molecule has 1 heterocycles. The molecule has 0 saturated heterocycles. The monoisotopic (exact) mass is 289 g/mol. The second-order valence-electron chi connectivity index (χ2n) is 6.12. The third-order valence-corrected chi connectivity index (χ3v) is 4.41. The zero-order chi connectivity index (χ0) is 15.1. The Morgan fingerprint density at radius 3 is 2.81 bits per heavy atom. The molecule has 0 atom stereocenters. The van der Waals surface area contributed by atoms with Crippen LogP contribution < -0.4 is 10.6 Å². The fraction of sp³-hybridized carbons (Fsp3) is 0.647. The number of pyridine rings is 1. The van der Waals surface area contributed by atoms with Crippen LogP contribution in [0.5, 0.6) is 0 Å². The van der Waals surface area contributed by atoms with E-state index in [-0.39, 0.29) is 5.91 Å². The van der Waals surface area contributed by atoms with Crippen molar-refractivity contribution in [1.82, 2.24) is 10.3 Å². The number of aromatic nitrogens is 1. The van der Waals surface area contributed by atoms with E-state index < -0.39 is 0 Å². The molecule has 4 heteroatoms. The molecule has 1 aliphatic rings. The predicted octanol–water partition coefficient (Wildman–Crippen LogP) is 3.46. The van der Waals surface area contributed by atoms with Gasteiger partial charge < -0.3 is 10.6 Å². The highest BCUT2D eigenvalue weighted by molar-refractivity contribution is 5.99. The van der Waals surface area contributed by atoms with Gasteiger partial charge in [0, 0.05) is 19.3 Å².